The molecule has 0 amide bonds. The topological polar surface area (TPSA) is 56.9 Å². The quantitative estimate of drug-likeness (QED) is 0.627. The average molecular weight is 269 g/mol. The lowest BCUT2D eigenvalue weighted by molar-refractivity contribution is 0.708. The molecule has 0 atom stereocenters. The third-order valence-electron chi connectivity index (χ3n) is 3.69. The van der Waals surface area contributed by atoms with Gasteiger partial charge in [0.25, 0.3) is 5.56 Å². The zero-order chi connectivity index (χ0) is 14.4. The normalized spacial score (nSPS) is 11.3. The highest BCUT2D eigenvalue weighted by atomic mass is 16.2. The van der Waals surface area contributed by atoms with Crippen LogP contribution in [0.2, 0.25) is 0 Å². The number of pyridine rings is 1. The standard InChI is InChI=1S/C15H15N3O2/c1-4-9-5-6-12-10(7-9)8-11-13(16-12)17(2)15(20)18(3)14(11)19/h5-8H,4H2,1-3H3. The molecule has 5 heteroatoms. The monoisotopic (exact) mass is 269 g/mol. The van der Waals surface area contributed by atoms with Gasteiger partial charge in [0.2, 0.25) is 0 Å². The van der Waals surface area contributed by atoms with Gasteiger partial charge in [0.05, 0.1) is 10.9 Å². The van der Waals surface area contributed by atoms with Gasteiger partial charge in [-0.2, -0.15) is 0 Å². The van der Waals surface area contributed by atoms with Crippen LogP contribution in [0.5, 0.6) is 0 Å². The van der Waals surface area contributed by atoms with Crippen molar-refractivity contribution in [1.82, 2.24) is 14.1 Å². The van der Waals surface area contributed by atoms with E-state index >= 15 is 0 Å². The van der Waals surface area contributed by atoms with Crippen LogP contribution >= 0.6 is 0 Å². The van der Waals surface area contributed by atoms with Gasteiger partial charge in [-0.3, -0.25) is 13.9 Å². The van der Waals surface area contributed by atoms with Gasteiger partial charge >= 0.3 is 5.69 Å². The summed E-state index contributed by atoms with van der Waals surface area (Å²) in [6.45, 7) is 2.08. The van der Waals surface area contributed by atoms with Crippen LogP contribution in [0, 0.1) is 0 Å². The molecule has 0 aliphatic heterocycles. The Morgan fingerprint density at radius 3 is 2.55 bits per heavy atom. The molecule has 3 aromatic rings. The zero-order valence-electron chi connectivity index (χ0n) is 11.7. The van der Waals surface area contributed by atoms with Crippen LogP contribution in [-0.2, 0) is 20.5 Å². The molecule has 2 aromatic heterocycles. The first-order valence-corrected chi connectivity index (χ1v) is 6.52. The van der Waals surface area contributed by atoms with Gasteiger partial charge in [-0.15, -0.1) is 0 Å². The Kier molecular flexibility index (Phi) is 2.71. The molecule has 20 heavy (non-hydrogen) atoms. The summed E-state index contributed by atoms with van der Waals surface area (Å²) in [6.07, 6.45) is 0.930. The van der Waals surface area contributed by atoms with Gasteiger partial charge in [0.15, 0.2) is 0 Å². The van der Waals surface area contributed by atoms with Crippen LogP contribution in [0.4, 0.5) is 0 Å². The molecule has 0 aliphatic rings. The van der Waals surface area contributed by atoms with E-state index in [9.17, 15) is 9.59 Å². The summed E-state index contributed by atoms with van der Waals surface area (Å²) < 4.78 is 2.52. The number of rotatable bonds is 1. The van der Waals surface area contributed by atoms with Crippen LogP contribution in [0.1, 0.15) is 12.5 Å². The molecular weight excluding hydrogens is 254 g/mol. The van der Waals surface area contributed by atoms with E-state index in [2.05, 4.69) is 11.9 Å². The first-order chi connectivity index (χ1) is 9.52. The number of fused-ring (bicyclic) bond motifs is 2. The number of aryl methyl sites for hydroxylation is 2. The molecule has 0 saturated carbocycles. The van der Waals surface area contributed by atoms with Crippen molar-refractivity contribution in [2.75, 3.05) is 0 Å². The molecule has 0 N–H and O–H groups in total. The van der Waals surface area contributed by atoms with Crippen molar-refractivity contribution in [2.45, 2.75) is 13.3 Å². The highest BCUT2D eigenvalue weighted by Gasteiger charge is 2.10. The van der Waals surface area contributed by atoms with E-state index in [1.807, 2.05) is 24.3 Å². The molecule has 0 saturated heterocycles. The predicted octanol–water partition coefficient (Wildman–Crippen LogP) is 1.35. The van der Waals surface area contributed by atoms with E-state index in [0.29, 0.717) is 11.0 Å². The summed E-state index contributed by atoms with van der Waals surface area (Å²) in [4.78, 5) is 28.6. The van der Waals surface area contributed by atoms with Gasteiger partial charge < -0.3 is 0 Å². The second-order valence-electron chi connectivity index (χ2n) is 4.95. The molecule has 0 radical (unpaired) electrons. The highest BCUT2D eigenvalue weighted by molar-refractivity contribution is 5.91. The third-order valence-corrected chi connectivity index (χ3v) is 3.69. The van der Waals surface area contributed by atoms with Crippen LogP contribution in [0.25, 0.3) is 21.9 Å². The Bertz CT molecular complexity index is 951. The first-order valence-electron chi connectivity index (χ1n) is 6.52. The van der Waals surface area contributed by atoms with Crippen molar-refractivity contribution >= 4 is 21.9 Å². The molecule has 1 aromatic carbocycles. The van der Waals surface area contributed by atoms with Crippen molar-refractivity contribution < 1.29 is 0 Å². The summed E-state index contributed by atoms with van der Waals surface area (Å²) in [5.41, 5.74) is 1.74. The third kappa shape index (κ3) is 1.66. The van der Waals surface area contributed by atoms with Crippen molar-refractivity contribution in [3.8, 4) is 0 Å². The molecule has 2 heterocycles. The van der Waals surface area contributed by atoms with Crippen molar-refractivity contribution in [3.63, 3.8) is 0 Å². The minimum absolute atomic E-state index is 0.306. The largest absolute Gasteiger partial charge is 0.332 e. The molecule has 0 aliphatic carbocycles. The van der Waals surface area contributed by atoms with Crippen molar-refractivity contribution in [3.05, 3.63) is 50.7 Å². The van der Waals surface area contributed by atoms with Crippen LogP contribution in [-0.4, -0.2) is 14.1 Å². The molecule has 102 valence electrons. The summed E-state index contributed by atoms with van der Waals surface area (Å²) in [5.74, 6) is 0. The first kappa shape index (κ1) is 12.6. The molecule has 3 rings (SSSR count). The lowest BCUT2D eigenvalue weighted by atomic mass is 10.1. The van der Waals surface area contributed by atoms with E-state index < -0.39 is 0 Å². The fraction of sp³-hybridized carbons (Fsp3) is 0.267. The zero-order valence-corrected chi connectivity index (χ0v) is 11.7. The Hall–Kier alpha value is -2.43. The predicted molar refractivity (Wildman–Crippen MR) is 79.1 cm³/mol. The summed E-state index contributed by atoms with van der Waals surface area (Å²) in [5, 5.41) is 1.39. The molecule has 0 unspecified atom stereocenters. The van der Waals surface area contributed by atoms with Crippen LogP contribution in [0.15, 0.2) is 33.9 Å². The fourth-order valence-corrected chi connectivity index (χ4v) is 2.43. The number of hydrogen-bond donors (Lipinski definition) is 0. The molecular formula is C15H15N3O2. The van der Waals surface area contributed by atoms with Crippen molar-refractivity contribution in [2.24, 2.45) is 14.1 Å². The van der Waals surface area contributed by atoms with E-state index in [1.165, 1.54) is 17.2 Å². The molecule has 5 nitrogen and oxygen atoms in total. The maximum absolute atomic E-state index is 12.2. The van der Waals surface area contributed by atoms with Crippen molar-refractivity contribution in [1.29, 1.82) is 0 Å². The fourth-order valence-electron chi connectivity index (χ4n) is 2.43. The number of benzene rings is 1. The second kappa shape index (κ2) is 4.30. The minimum atomic E-state index is -0.362. The smallest absolute Gasteiger partial charge is 0.280 e. The van der Waals surface area contributed by atoms with Gasteiger partial charge in [-0.25, -0.2) is 9.78 Å². The summed E-state index contributed by atoms with van der Waals surface area (Å²) >= 11 is 0. The Balaban J connectivity index is 2.54. The van der Waals surface area contributed by atoms with Crippen LogP contribution < -0.4 is 11.2 Å². The maximum Gasteiger partial charge on any atom is 0.332 e. The van der Waals surface area contributed by atoms with Gasteiger partial charge in [0, 0.05) is 19.5 Å². The van der Waals surface area contributed by atoms with E-state index in [1.54, 1.807) is 7.05 Å². The molecule has 0 spiro atoms. The average Bonchev–Trinajstić information content (AvgIpc) is 2.48. The highest BCUT2D eigenvalue weighted by Crippen LogP contribution is 2.18. The number of nitrogens with zero attached hydrogens (tertiary/aromatic N) is 3. The minimum Gasteiger partial charge on any atom is -0.280 e. The Morgan fingerprint density at radius 1 is 1.10 bits per heavy atom. The summed E-state index contributed by atoms with van der Waals surface area (Å²) in [6, 6.07) is 7.79. The molecule has 0 fully saturated rings. The maximum atomic E-state index is 12.2. The molecule has 0 bridgehead atoms. The van der Waals surface area contributed by atoms with E-state index in [0.717, 1.165) is 21.9 Å². The summed E-state index contributed by atoms with van der Waals surface area (Å²) in [7, 11) is 3.11. The van der Waals surface area contributed by atoms with E-state index in [4.69, 9.17) is 0 Å². The second-order valence-corrected chi connectivity index (χ2v) is 4.95. The van der Waals surface area contributed by atoms with E-state index in [-0.39, 0.29) is 11.2 Å². The number of hydrogen-bond acceptors (Lipinski definition) is 3. The van der Waals surface area contributed by atoms with Gasteiger partial charge in [0.1, 0.15) is 5.65 Å². The van der Waals surface area contributed by atoms with Crippen LogP contribution in [0.3, 0.4) is 0 Å². The lowest BCUT2D eigenvalue weighted by Crippen LogP contribution is -2.37. The lowest BCUT2D eigenvalue weighted by Gasteiger charge is -2.08. The van der Waals surface area contributed by atoms with Gasteiger partial charge in [-0.05, 0) is 30.2 Å². The number of aromatic nitrogens is 3. The Labute approximate surface area is 115 Å². The Morgan fingerprint density at radius 2 is 1.85 bits per heavy atom. The van der Waals surface area contributed by atoms with Gasteiger partial charge in [-0.1, -0.05) is 13.0 Å². The SMILES string of the molecule is CCc1ccc2nc3c(cc2c1)c(=O)n(C)c(=O)n3C.